The standard InChI is InChI=1S/C24H20N4O4S2/c1-29-17-9-15(10-18(30-2)21(17)31-3)22-28-27-20(32-22)12-33-23-16-11-19(14-7-5-4-6-8-14)34-24(16)26-13-25-23/h4-11,13H,12H2,1-3H3. The van der Waals surface area contributed by atoms with E-state index in [-0.39, 0.29) is 0 Å². The van der Waals surface area contributed by atoms with Crippen LogP contribution in [0.5, 0.6) is 17.2 Å². The number of aromatic nitrogens is 4. The maximum Gasteiger partial charge on any atom is 0.248 e. The zero-order chi connectivity index (χ0) is 23.5. The van der Waals surface area contributed by atoms with Crippen LogP contribution in [0.3, 0.4) is 0 Å². The maximum atomic E-state index is 5.91. The van der Waals surface area contributed by atoms with E-state index in [0.717, 1.165) is 25.7 Å². The van der Waals surface area contributed by atoms with Crippen molar-refractivity contribution in [3.05, 3.63) is 60.7 Å². The smallest absolute Gasteiger partial charge is 0.248 e. The number of rotatable bonds is 8. The molecule has 0 radical (unpaired) electrons. The Labute approximate surface area is 203 Å². The van der Waals surface area contributed by atoms with Gasteiger partial charge in [0.2, 0.25) is 17.5 Å². The monoisotopic (exact) mass is 492 g/mol. The molecule has 0 aliphatic rings. The normalized spacial score (nSPS) is 11.0. The average Bonchev–Trinajstić information content (AvgIpc) is 3.54. The number of hydrogen-bond donors (Lipinski definition) is 0. The van der Waals surface area contributed by atoms with E-state index in [4.69, 9.17) is 18.6 Å². The van der Waals surface area contributed by atoms with Gasteiger partial charge in [0, 0.05) is 15.8 Å². The Bertz CT molecular complexity index is 1410. The molecular weight excluding hydrogens is 472 g/mol. The first-order valence-electron chi connectivity index (χ1n) is 10.3. The van der Waals surface area contributed by atoms with Crippen LogP contribution < -0.4 is 14.2 Å². The highest BCUT2D eigenvalue weighted by Crippen LogP contribution is 2.41. The highest BCUT2D eigenvalue weighted by atomic mass is 32.2. The Morgan fingerprint density at radius 1 is 0.882 bits per heavy atom. The second-order valence-corrected chi connectivity index (χ2v) is 9.07. The number of benzene rings is 2. The number of ether oxygens (including phenoxy) is 3. The van der Waals surface area contributed by atoms with E-state index >= 15 is 0 Å². The average molecular weight is 493 g/mol. The number of thioether (sulfide) groups is 1. The molecule has 3 aromatic heterocycles. The van der Waals surface area contributed by atoms with Gasteiger partial charge in [-0.15, -0.1) is 21.5 Å². The van der Waals surface area contributed by atoms with Crippen molar-refractivity contribution in [2.45, 2.75) is 10.8 Å². The van der Waals surface area contributed by atoms with Crippen molar-refractivity contribution in [2.24, 2.45) is 0 Å². The molecule has 0 saturated carbocycles. The molecule has 0 bridgehead atoms. The third-order valence-electron chi connectivity index (χ3n) is 5.06. The molecular formula is C24H20N4O4S2. The van der Waals surface area contributed by atoms with E-state index in [2.05, 4.69) is 38.4 Å². The van der Waals surface area contributed by atoms with Crippen molar-refractivity contribution in [1.82, 2.24) is 20.2 Å². The Morgan fingerprint density at radius 3 is 2.35 bits per heavy atom. The van der Waals surface area contributed by atoms with Crippen LogP contribution >= 0.6 is 23.1 Å². The summed E-state index contributed by atoms with van der Waals surface area (Å²) in [5, 5.41) is 10.3. The molecule has 5 rings (SSSR count). The number of nitrogens with zero attached hydrogens (tertiary/aromatic N) is 4. The van der Waals surface area contributed by atoms with Gasteiger partial charge in [0.15, 0.2) is 11.5 Å². The van der Waals surface area contributed by atoms with Gasteiger partial charge in [-0.3, -0.25) is 0 Å². The fourth-order valence-corrected chi connectivity index (χ4v) is 5.34. The van der Waals surface area contributed by atoms with Crippen LogP contribution in [0.4, 0.5) is 0 Å². The van der Waals surface area contributed by atoms with Crippen LogP contribution in [0.25, 0.3) is 32.1 Å². The lowest BCUT2D eigenvalue weighted by molar-refractivity contribution is 0.324. The molecule has 8 nitrogen and oxygen atoms in total. The molecule has 0 unspecified atom stereocenters. The van der Waals surface area contributed by atoms with Crippen molar-refractivity contribution in [3.63, 3.8) is 0 Å². The van der Waals surface area contributed by atoms with Crippen molar-refractivity contribution < 1.29 is 18.6 Å². The number of thiophene rings is 1. The van der Waals surface area contributed by atoms with Gasteiger partial charge in [-0.25, -0.2) is 9.97 Å². The Hall–Kier alpha value is -3.63. The largest absolute Gasteiger partial charge is 0.493 e. The molecule has 3 heterocycles. The van der Waals surface area contributed by atoms with Gasteiger partial charge in [0.25, 0.3) is 0 Å². The second-order valence-electron chi connectivity index (χ2n) is 7.08. The number of hydrogen-bond acceptors (Lipinski definition) is 10. The summed E-state index contributed by atoms with van der Waals surface area (Å²) in [5.74, 6) is 2.85. The van der Waals surface area contributed by atoms with Crippen LogP contribution in [0.1, 0.15) is 5.89 Å². The quantitative estimate of drug-likeness (QED) is 0.199. The predicted molar refractivity (Wildman–Crippen MR) is 132 cm³/mol. The lowest BCUT2D eigenvalue weighted by atomic mass is 10.2. The first-order chi connectivity index (χ1) is 16.7. The van der Waals surface area contributed by atoms with E-state index in [9.17, 15) is 0 Å². The fourth-order valence-electron chi connectivity index (χ4n) is 3.46. The highest BCUT2D eigenvalue weighted by Gasteiger charge is 2.18. The molecule has 0 amide bonds. The predicted octanol–water partition coefficient (Wildman–Crippen LogP) is 5.73. The third kappa shape index (κ3) is 4.29. The van der Waals surface area contributed by atoms with Crippen molar-refractivity contribution in [1.29, 1.82) is 0 Å². The van der Waals surface area contributed by atoms with E-state index in [1.165, 1.54) is 11.8 Å². The van der Waals surface area contributed by atoms with Crippen LogP contribution in [0.15, 0.2) is 64.3 Å². The SMILES string of the molecule is COc1cc(-c2nnc(CSc3ncnc4sc(-c5ccccc5)cc34)o2)cc(OC)c1OC. The molecule has 34 heavy (non-hydrogen) atoms. The highest BCUT2D eigenvalue weighted by molar-refractivity contribution is 7.98. The van der Waals surface area contributed by atoms with Crippen molar-refractivity contribution in [2.75, 3.05) is 21.3 Å². The van der Waals surface area contributed by atoms with E-state index in [0.29, 0.717) is 40.3 Å². The Kier molecular flexibility index (Phi) is 6.33. The molecule has 5 aromatic rings. The molecule has 0 aliphatic heterocycles. The minimum absolute atomic E-state index is 0.365. The van der Waals surface area contributed by atoms with Gasteiger partial charge in [0.1, 0.15) is 16.2 Å². The Morgan fingerprint density at radius 2 is 1.65 bits per heavy atom. The lowest BCUT2D eigenvalue weighted by Gasteiger charge is -2.12. The van der Waals surface area contributed by atoms with Crippen LogP contribution in [-0.2, 0) is 5.75 Å². The summed E-state index contributed by atoms with van der Waals surface area (Å²) in [6.07, 6.45) is 1.59. The molecule has 0 fully saturated rings. The van der Waals surface area contributed by atoms with Crippen molar-refractivity contribution >= 4 is 33.3 Å². The first kappa shape index (κ1) is 22.2. The van der Waals surface area contributed by atoms with Gasteiger partial charge in [-0.1, -0.05) is 42.1 Å². The van der Waals surface area contributed by atoms with E-state index in [1.54, 1.807) is 51.1 Å². The number of methoxy groups -OCH3 is 3. The first-order valence-corrected chi connectivity index (χ1v) is 12.1. The van der Waals surface area contributed by atoms with Crippen LogP contribution in [0.2, 0.25) is 0 Å². The molecule has 0 N–H and O–H groups in total. The summed E-state index contributed by atoms with van der Waals surface area (Å²) in [6.45, 7) is 0. The molecule has 0 aliphatic carbocycles. The summed E-state index contributed by atoms with van der Waals surface area (Å²) in [7, 11) is 4.68. The van der Waals surface area contributed by atoms with Crippen LogP contribution in [-0.4, -0.2) is 41.5 Å². The summed E-state index contributed by atoms with van der Waals surface area (Å²) in [6, 6.07) is 15.9. The van der Waals surface area contributed by atoms with Crippen LogP contribution in [0, 0.1) is 0 Å². The van der Waals surface area contributed by atoms with E-state index < -0.39 is 0 Å². The third-order valence-corrected chi connectivity index (χ3v) is 7.14. The zero-order valence-electron chi connectivity index (χ0n) is 18.6. The summed E-state index contributed by atoms with van der Waals surface area (Å²) in [5.41, 5.74) is 1.83. The van der Waals surface area contributed by atoms with Gasteiger partial charge in [0.05, 0.1) is 27.1 Å². The summed E-state index contributed by atoms with van der Waals surface area (Å²) < 4.78 is 22.1. The van der Waals surface area contributed by atoms with Gasteiger partial charge in [-0.2, -0.15) is 0 Å². The molecule has 0 atom stereocenters. The molecule has 10 heteroatoms. The van der Waals surface area contributed by atoms with E-state index in [1.807, 2.05) is 18.2 Å². The topological polar surface area (TPSA) is 92.4 Å². The van der Waals surface area contributed by atoms with Crippen molar-refractivity contribution in [3.8, 4) is 39.1 Å². The molecule has 0 spiro atoms. The zero-order valence-corrected chi connectivity index (χ0v) is 20.3. The fraction of sp³-hybridized carbons (Fsp3) is 0.167. The second kappa shape index (κ2) is 9.70. The van der Waals surface area contributed by atoms with Gasteiger partial charge < -0.3 is 18.6 Å². The molecule has 172 valence electrons. The minimum Gasteiger partial charge on any atom is -0.493 e. The lowest BCUT2D eigenvalue weighted by Crippen LogP contribution is -1.95. The number of fused-ring (bicyclic) bond motifs is 1. The summed E-state index contributed by atoms with van der Waals surface area (Å²) >= 11 is 3.18. The molecule has 0 saturated heterocycles. The van der Waals surface area contributed by atoms with Gasteiger partial charge in [-0.05, 0) is 23.8 Å². The minimum atomic E-state index is 0.365. The maximum absolute atomic E-state index is 5.91. The Balaban J connectivity index is 1.38. The van der Waals surface area contributed by atoms with Gasteiger partial charge >= 0.3 is 0 Å². The molecule has 2 aromatic carbocycles. The summed E-state index contributed by atoms with van der Waals surface area (Å²) in [4.78, 5) is 11.0.